The number of hydrogen-bond acceptors (Lipinski definition) is 1. The van der Waals surface area contributed by atoms with Gasteiger partial charge in [0.25, 0.3) is 0 Å². The van der Waals surface area contributed by atoms with Gasteiger partial charge in [-0.3, -0.25) is 4.98 Å². The first-order chi connectivity index (χ1) is 10.3. The van der Waals surface area contributed by atoms with Crippen LogP contribution in [0.25, 0.3) is 0 Å². The number of aryl methyl sites for hydroxylation is 2. The van der Waals surface area contributed by atoms with Crippen molar-refractivity contribution in [3.8, 4) is 0 Å². The van der Waals surface area contributed by atoms with Gasteiger partial charge in [0.15, 0.2) is 0 Å². The summed E-state index contributed by atoms with van der Waals surface area (Å²) in [5.41, 5.74) is 4.41. The number of hydrogen-bond donors (Lipinski definition) is 0. The van der Waals surface area contributed by atoms with Crippen LogP contribution in [-0.4, -0.2) is 4.98 Å². The first-order valence-electron chi connectivity index (χ1n) is 9.29. The molecule has 0 bridgehead atoms. The van der Waals surface area contributed by atoms with Crippen LogP contribution in [0.4, 0.5) is 0 Å². The van der Waals surface area contributed by atoms with Crippen LogP contribution in [0.1, 0.15) is 101 Å². The highest BCUT2D eigenvalue weighted by Gasteiger charge is 2.12. The Bertz CT molecular complexity index is 410. The Morgan fingerprint density at radius 2 is 1.76 bits per heavy atom. The third-order valence-corrected chi connectivity index (χ3v) is 5.00. The van der Waals surface area contributed by atoms with Gasteiger partial charge in [0.05, 0.1) is 0 Å². The Balaban J connectivity index is 1.97. The zero-order chi connectivity index (χ0) is 14.9. The highest BCUT2D eigenvalue weighted by molar-refractivity contribution is 5.28. The summed E-state index contributed by atoms with van der Waals surface area (Å²) >= 11 is 0. The molecule has 1 aromatic heterocycles. The molecule has 1 aromatic rings. The summed E-state index contributed by atoms with van der Waals surface area (Å²) in [7, 11) is 0. The fourth-order valence-corrected chi connectivity index (χ4v) is 3.45. The van der Waals surface area contributed by atoms with Gasteiger partial charge in [-0.1, -0.05) is 64.9 Å². The molecule has 0 fully saturated rings. The SMILES string of the molecule is CCCCCCC(C)c1cnc2c(c1)CCCCCCC2. The van der Waals surface area contributed by atoms with Crippen LogP contribution in [0.5, 0.6) is 0 Å². The van der Waals surface area contributed by atoms with Gasteiger partial charge in [-0.25, -0.2) is 0 Å². The first kappa shape index (κ1) is 16.5. The second-order valence-electron chi connectivity index (χ2n) is 6.89. The lowest BCUT2D eigenvalue weighted by molar-refractivity contribution is 0.578. The third kappa shape index (κ3) is 5.45. The zero-order valence-electron chi connectivity index (χ0n) is 14.2. The molecular weight excluding hydrogens is 254 g/mol. The van der Waals surface area contributed by atoms with E-state index in [0.717, 1.165) is 0 Å². The van der Waals surface area contributed by atoms with E-state index < -0.39 is 0 Å². The zero-order valence-corrected chi connectivity index (χ0v) is 14.2. The predicted molar refractivity (Wildman–Crippen MR) is 91.9 cm³/mol. The summed E-state index contributed by atoms with van der Waals surface area (Å²) in [5, 5.41) is 0. The molecule has 0 aromatic carbocycles. The minimum absolute atomic E-state index is 0.673. The van der Waals surface area contributed by atoms with Crippen molar-refractivity contribution in [2.24, 2.45) is 0 Å². The van der Waals surface area contributed by atoms with Crippen LogP contribution in [-0.2, 0) is 12.8 Å². The molecule has 1 nitrogen and oxygen atoms in total. The van der Waals surface area contributed by atoms with Crippen LogP contribution in [0, 0.1) is 0 Å². The minimum atomic E-state index is 0.673. The smallest absolute Gasteiger partial charge is 0.0435 e. The monoisotopic (exact) mass is 287 g/mol. The van der Waals surface area contributed by atoms with Crippen molar-refractivity contribution in [1.82, 2.24) is 4.98 Å². The number of unbranched alkanes of at least 4 members (excludes halogenated alkanes) is 3. The quantitative estimate of drug-likeness (QED) is 0.567. The van der Waals surface area contributed by atoms with Gasteiger partial charge < -0.3 is 0 Å². The second kappa shape index (κ2) is 9.23. The maximum Gasteiger partial charge on any atom is 0.0435 e. The molecule has 0 radical (unpaired) electrons. The fraction of sp³-hybridized carbons (Fsp3) is 0.750. The topological polar surface area (TPSA) is 12.9 Å². The summed E-state index contributed by atoms with van der Waals surface area (Å²) in [4.78, 5) is 4.83. The van der Waals surface area contributed by atoms with Crippen LogP contribution < -0.4 is 0 Å². The summed E-state index contributed by atoms with van der Waals surface area (Å²) in [6.07, 6.45) is 18.3. The lowest BCUT2D eigenvalue weighted by Crippen LogP contribution is -2.02. The molecule has 0 spiro atoms. The number of fused-ring (bicyclic) bond motifs is 1. The molecule has 0 aliphatic heterocycles. The van der Waals surface area contributed by atoms with Crippen molar-refractivity contribution in [1.29, 1.82) is 0 Å². The van der Waals surface area contributed by atoms with E-state index in [4.69, 9.17) is 4.98 Å². The van der Waals surface area contributed by atoms with Crippen molar-refractivity contribution < 1.29 is 0 Å². The maximum atomic E-state index is 4.83. The van der Waals surface area contributed by atoms with Crippen LogP contribution in [0.15, 0.2) is 12.3 Å². The molecule has 1 heterocycles. The van der Waals surface area contributed by atoms with Crippen molar-refractivity contribution in [3.63, 3.8) is 0 Å². The lowest BCUT2D eigenvalue weighted by Gasteiger charge is -2.15. The molecular formula is C20H33N. The Morgan fingerprint density at radius 1 is 1.00 bits per heavy atom. The van der Waals surface area contributed by atoms with Crippen molar-refractivity contribution in [2.45, 2.75) is 96.8 Å². The van der Waals surface area contributed by atoms with Gasteiger partial charge in [0.2, 0.25) is 0 Å². The molecule has 0 saturated heterocycles. The number of nitrogens with zero attached hydrogens (tertiary/aromatic N) is 1. The third-order valence-electron chi connectivity index (χ3n) is 5.00. The van der Waals surface area contributed by atoms with E-state index in [-0.39, 0.29) is 0 Å². The molecule has 1 heteroatoms. The Labute approximate surface area is 131 Å². The molecule has 0 N–H and O–H groups in total. The first-order valence-corrected chi connectivity index (χ1v) is 9.29. The average Bonchev–Trinajstić information content (AvgIpc) is 2.62. The van der Waals surface area contributed by atoms with Crippen LogP contribution in [0.3, 0.4) is 0 Å². The summed E-state index contributed by atoms with van der Waals surface area (Å²) in [5.74, 6) is 0.673. The summed E-state index contributed by atoms with van der Waals surface area (Å²) < 4.78 is 0. The minimum Gasteiger partial charge on any atom is -0.261 e. The van der Waals surface area contributed by atoms with E-state index in [1.807, 2.05) is 0 Å². The normalized spacial score (nSPS) is 17.4. The van der Waals surface area contributed by atoms with E-state index >= 15 is 0 Å². The van der Waals surface area contributed by atoms with Gasteiger partial charge in [-0.2, -0.15) is 0 Å². The van der Waals surface area contributed by atoms with Gasteiger partial charge in [-0.05, 0) is 49.1 Å². The van der Waals surface area contributed by atoms with E-state index in [1.54, 1.807) is 5.56 Å². The number of pyridine rings is 1. The fourth-order valence-electron chi connectivity index (χ4n) is 3.45. The molecule has 1 atom stereocenters. The molecule has 1 aliphatic rings. The molecule has 1 unspecified atom stereocenters. The summed E-state index contributed by atoms with van der Waals surface area (Å²) in [6, 6.07) is 2.48. The highest BCUT2D eigenvalue weighted by atomic mass is 14.7. The van der Waals surface area contributed by atoms with E-state index in [2.05, 4.69) is 26.1 Å². The van der Waals surface area contributed by atoms with E-state index in [0.29, 0.717) is 5.92 Å². The molecule has 118 valence electrons. The van der Waals surface area contributed by atoms with Crippen LogP contribution in [0.2, 0.25) is 0 Å². The predicted octanol–water partition coefficient (Wildman–Crippen LogP) is 6.20. The number of aromatic nitrogens is 1. The largest absolute Gasteiger partial charge is 0.261 e. The molecule has 1 aliphatic carbocycles. The van der Waals surface area contributed by atoms with Crippen molar-refractivity contribution in [3.05, 3.63) is 29.1 Å². The Kier molecular flexibility index (Phi) is 7.26. The van der Waals surface area contributed by atoms with Gasteiger partial charge in [0, 0.05) is 11.9 Å². The van der Waals surface area contributed by atoms with Gasteiger partial charge >= 0.3 is 0 Å². The second-order valence-corrected chi connectivity index (χ2v) is 6.89. The van der Waals surface area contributed by atoms with Crippen molar-refractivity contribution in [2.75, 3.05) is 0 Å². The van der Waals surface area contributed by atoms with E-state index in [1.165, 1.54) is 88.3 Å². The molecule has 2 rings (SSSR count). The Hall–Kier alpha value is -0.850. The van der Waals surface area contributed by atoms with Gasteiger partial charge in [-0.15, -0.1) is 0 Å². The Morgan fingerprint density at radius 3 is 2.57 bits per heavy atom. The van der Waals surface area contributed by atoms with E-state index in [9.17, 15) is 0 Å². The van der Waals surface area contributed by atoms with Gasteiger partial charge in [0.1, 0.15) is 0 Å². The molecule has 0 amide bonds. The molecule has 21 heavy (non-hydrogen) atoms. The molecule has 0 saturated carbocycles. The highest BCUT2D eigenvalue weighted by Crippen LogP contribution is 2.25. The van der Waals surface area contributed by atoms with Crippen molar-refractivity contribution >= 4 is 0 Å². The van der Waals surface area contributed by atoms with Crippen LogP contribution >= 0.6 is 0 Å². The average molecular weight is 287 g/mol. The summed E-state index contributed by atoms with van der Waals surface area (Å²) in [6.45, 7) is 4.66. The standard InChI is InChI=1S/C20H33N/c1-3-4-5-9-12-17(2)19-15-18-13-10-7-6-8-11-14-20(18)21-16-19/h15-17H,3-14H2,1-2H3. The number of rotatable bonds is 6. The lowest BCUT2D eigenvalue weighted by atomic mass is 9.93. The maximum absolute atomic E-state index is 4.83.